The van der Waals surface area contributed by atoms with Crippen molar-refractivity contribution in [1.82, 2.24) is 4.90 Å². The molecule has 3 fully saturated rings. The minimum atomic E-state index is -1.64. The topological polar surface area (TPSA) is 128 Å². The van der Waals surface area contributed by atoms with Gasteiger partial charge in [0.15, 0.2) is 12.3 Å². The first-order chi connectivity index (χ1) is 20.9. The van der Waals surface area contributed by atoms with E-state index in [0.29, 0.717) is 6.42 Å². The minimum Gasteiger partial charge on any atom is -0.481 e. The summed E-state index contributed by atoms with van der Waals surface area (Å²) < 4.78 is 32.2. The summed E-state index contributed by atoms with van der Waals surface area (Å²) in [5.74, 6) is -2.61. The zero-order chi connectivity index (χ0) is 34.0. The van der Waals surface area contributed by atoms with E-state index in [-0.39, 0.29) is 115 Å². The van der Waals surface area contributed by atoms with Gasteiger partial charge in [-0.2, -0.15) is 6.92 Å². The van der Waals surface area contributed by atoms with E-state index >= 15 is 0 Å². The molecule has 0 aromatic rings. The van der Waals surface area contributed by atoms with Gasteiger partial charge in [0.1, 0.15) is 11.7 Å². The van der Waals surface area contributed by atoms with Crippen LogP contribution in [0.5, 0.6) is 0 Å². The second kappa shape index (κ2) is 18.5. The van der Waals surface area contributed by atoms with Crippen LogP contribution in [-0.2, 0) is 87.0 Å². The van der Waals surface area contributed by atoms with Crippen molar-refractivity contribution in [2.24, 2.45) is 23.7 Å². The Hall–Kier alpha value is -0.0278. The Morgan fingerprint density at radius 1 is 1.09 bits per heavy atom. The number of hydrogen-bond acceptors (Lipinski definition) is 10. The first kappa shape index (κ1) is 45.0. The number of ketones is 1. The monoisotopic (exact) mass is 908 g/mol. The molecule has 0 aromatic heterocycles. The average Bonchev–Trinajstić information content (AvgIpc) is 2.99. The summed E-state index contributed by atoms with van der Waals surface area (Å²) in [5.41, 5.74) is -1.73. The van der Waals surface area contributed by atoms with E-state index in [9.17, 15) is 14.7 Å². The predicted molar refractivity (Wildman–Crippen MR) is 173 cm³/mol. The number of aliphatic hydroxyl groups is 1. The quantitative estimate of drug-likeness (QED) is 0.228. The van der Waals surface area contributed by atoms with Crippen LogP contribution in [0.25, 0.3) is 0 Å². The fourth-order valence-electron chi connectivity index (χ4n) is 7.75. The second-order valence-electron chi connectivity index (χ2n) is 14.4. The van der Waals surface area contributed by atoms with E-state index < -0.39 is 53.5 Å². The molecule has 47 heavy (non-hydrogen) atoms. The first-order valence-electron chi connectivity index (χ1n) is 16.7. The molecule has 2 bridgehead atoms. The molecule has 1 radical (unpaired) electrons. The molecular formula is C35H59N2O8WY-. The molecule has 3 saturated heterocycles. The number of ether oxygens (including phenoxy) is 5. The molecule has 10 nitrogen and oxygen atoms in total. The van der Waals surface area contributed by atoms with Gasteiger partial charge in [0.2, 0.25) is 0 Å². The molecule has 0 aromatic carbocycles. The van der Waals surface area contributed by atoms with Crippen LogP contribution in [0.15, 0.2) is 12.2 Å². The van der Waals surface area contributed by atoms with E-state index in [1.807, 2.05) is 27.7 Å². The Morgan fingerprint density at radius 3 is 2.26 bits per heavy atom. The third-order valence-electron chi connectivity index (χ3n) is 10.6. The van der Waals surface area contributed by atoms with Crippen LogP contribution < -0.4 is 0 Å². The number of cyclic esters (lactones) is 1. The number of Topliss-reactive ketones (excluding diaryl/α,β-unsaturated/α-hetero) is 1. The van der Waals surface area contributed by atoms with Crippen molar-refractivity contribution in [3.8, 4) is 0 Å². The Kier molecular flexibility index (Phi) is 17.7. The van der Waals surface area contributed by atoms with Gasteiger partial charge in [0.05, 0.1) is 42.8 Å². The van der Waals surface area contributed by atoms with Gasteiger partial charge in [-0.1, -0.05) is 46.8 Å². The number of nitrogens with one attached hydrogen (secondary N) is 1. The van der Waals surface area contributed by atoms with Crippen LogP contribution >= 0.6 is 0 Å². The van der Waals surface area contributed by atoms with Gasteiger partial charge in [-0.25, -0.2) is 5.92 Å². The summed E-state index contributed by atoms with van der Waals surface area (Å²) in [6.45, 7) is 21.0. The van der Waals surface area contributed by atoms with Crippen LogP contribution in [0, 0.1) is 35.0 Å². The van der Waals surface area contributed by atoms with Gasteiger partial charge in [-0.3, -0.25) is 4.79 Å². The average molecular weight is 909 g/mol. The fraction of sp³-hybridized carbons (Fsp3) is 0.829. The molecule has 267 valence electrons. The van der Waals surface area contributed by atoms with Gasteiger partial charge in [0, 0.05) is 83.4 Å². The first-order valence-corrected chi connectivity index (χ1v) is 16.7. The normalized spacial score (nSPS) is 41.2. The summed E-state index contributed by atoms with van der Waals surface area (Å²) in [6.07, 6.45) is -0.994. The summed E-state index contributed by atoms with van der Waals surface area (Å²) in [6, 6.07) is 0.207. The van der Waals surface area contributed by atoms with Crippen molar-refractivity contribution >= 4 is 17.5 Å². The summed E-state index contributed by atoms with van der Waals surface area (Å²) in [5, 5.41) is 20.7. The van der Waals surface area contributed by atoms with Gasteiger partial charge in [0.25, 0.3) is 0 Å². The SMILES string of the molecule is C=C1[C@H](C)C[C@@]2(C)OCC(=N)CO[C@H]([C@H]1C)[C@](C)(O)[C@@H](CC)OC(=O)[C-](C)C(=O)[C@H](C)[C@H]2OC1O[C@H](C)C[C@H](N(C)C)[C@H]1CC.[W].[Y]. The smallest absolute Gasteiger partial charge is 0.176 e. The maximum absolute atomic E-state index is 14.2. The molecule has 3 aliphatic rings. The number of nitrogens with zero attached hydrogens (tertiary/aromatic N) is 1. The minimum absolute atomic E-state index is 0. The maximum Gasteiger partial charge on any atom is 0.176 e. The van der Waals surface area contributed by atoms with E-state index in [0.717, 1.165) is 18.4 Å². The van der Waals surface area contributed by atoms with Gasteiger partial charge < -0.3 is 43.9 Å². The van der Waals surface area contributed by atoms with E-state index in [2.05, 4.69) is 39.4 Å². The Labute approximate surface area is 322 Å². The zero-order valence-electron chi connectivity index (χ0n) is 30.5. The molecule has 3 rings (SSSR count). The van der Waals surface area contributed by atoms with Gasteiger partial charge >= 0.3 is 0 Å². The number of carbonyl (C=O) groups is 2. The van der Waals surface area contributed by atoms with Crippen LogP contribution in [0.3, 0.4) is 0 Å². The molecule has 12 heteroatoms. The van der Waals surface area contributed by atoms with Crippen LogP contribution in [0.2, 0.25) is 0 Å². The molecular weight excluding hydrogens is 849 g/mol. The van der Waals surface area contributed by atoms with Crippen molar-refractivity contribution in [3.05, 3.63) is 18.1 Å². The Balaban J connectivity index is 0.00000552. The zero-order valence-corrected chi connectivity index (χ0v) is 36.2. The third kappa shape index (κ3) is 10.1. The van der Waals surface area contributed by atoms with E-state index in [1.165, 1.54) is 6.92 Å². The Bertz CT molecular complexity index is 1090. The third-order valence-corrected chi connectivity index (χ3v) is 10.6. The van der Waals surface area contributed by atoms with Crippen LogP contribution in [-0.4, -0.2) is 103 Å². The molecule has 2 N–H and O–H groups in total. The largest absolute Gasteiger partial charge is 0.481 e. The van der Waals surface area contributed by atoms with E-state index in [1.54, 1.807) is 13.8 Å². The second-order valence-corrected chi connectivity index (χ2v) is 14.4. The number of hydrogen-bond donors (Lipinski definition) is 2. The van der Waals surface area contributed by atoms with Crippen molar-refractivity contribution in [2.45, 2.75) is 136 Å². The molecule has 0 saturated carbocycles. The molecule has 1 unspecified atom stereocenters. The summed E-state index contributed by atoms with van der Waals surface area (Å²) >= 11 is 0. The maximum atomic E-state index is 14.2. The number of fused-ring (bicyclic) bond motifs is 5. The van der Waals surface area contributed by atoms with Crippen LogP contribution in [0.4, 0.5) is 0 Å². The number of carbonyl (C=O) groups excluding carboxylic acids is 2. The van der Waals surface area contributed by atoms with Crippen molar-refractivity contribution < 1.29 is 92.2 Å². The van der Waals surface area contributed by atoms with E-state index in [4.69, 9.17) is 29.1 Å². The molecule has 12 atom stereocenters. The number of esters is 1. The number of rotatable bonds is 5. The van der Waals surface area contributed by atoms with Gasteiger partial charge in [-0.15, -0.1) is 0 Å². The Morgan fingerprint density at radius 2 is 1.70 bits per heavy atom. The van der Waals surface area contributed by atoms with Gasteiger partial charge in [-0.05, 0) is 66.5 Å². The molecule has 0 spiro atoms. The standard InChI is InChI=1S/C35H59N2O8.W.Y/c1-13-26-27(37(11)12)15-20(4)43-33(26)45-30-23(7)29(38)24(8)32(39)44-28(14-2)35(10,40)31-22(6)21(5)19(3)16-34(30,9)42-18-25(36)17-41-31;;/h19-20,22-23,26-28,30-31,33,36,40H,5,13-18H2,1-4,6-12H3;;/q-1;;/t19-,20-,22+,23+,26-,27+,28-,30-,31-,33?,34-,35-;;/m1../s1. The summed E-state index contributed by atoms with van der Waals surface area (Å²) in [4.78, 5) is 29.9. The molecule has 0 amide bonds. The van der Waals surface area contributed by atoms with Crippen molar-refractivity contribution in [3.63, 3.8) is 0 Å². The molecule has 0 aliphatic carbocycles. The van der Waals surface area contributed by atoms with Crippen molar-refractivity contribution in [1.29, 1.82) is 5.41 Å². The summed E-state index contributed by atoms with van der Waals surface area (Å²) in [7, 11) is 4.12. The molecule has 3 aliphatic heterocycles. The molecule has 3 heterocycles. The van der Waals surface area contributed by atoms with Crippen molar-refractivity contribution in [2.75, 3.05) is 27.3 Å². The predicted octanol–water partition coefficient (Wildman–Crippen LogP) is 4.76. The van der Waals surface area contributed by atoms with Crippen LogP contribution in [0.1, 0.15) is 88.0 Å². The fourth-order valence-corrected chi connectivity index (χ4v) is 7.75.